The third-order valence-corrected chi connectivity index (χ3v) is 4.58. The van der Waals surface area contributed by atoms with Crippen LogP contribution in [0.4, 0.5) is 11.4 Å². The molecular formula is C15H19N3O2S. The van der Waals surface area contributed by atoms with Gasteiger partial charge in [-0.2, -0.15) is 0 Å². The lowest BCUT2D eigenvalue weighted by atomic mass is 10.2. The normalized spacial score (nSPS) is 21.4. The van der Waals surface area contributed by atoms with E-state index in [-0.39, 0.29) is 5.91 Å². The predicted molar refractivity (Wildman–Crippen MR) is 86.4 cm³/mol. The van der Waals surface area contributed by atoms with Crippen molar-refractivity contribution in [2.45, 2.75) is 6.92 Å². The average Bonchev–Trinajstić information content (AvgIpc) is 2.89. The Balaban J connectivity index is 1.73. The molecule has 2 saturated heterocycles. The van der Waals surface area contributed by atoms with Gasteiger partial charge >= 0.3 is 0 Å². The van der Waals surface area contributed by atoms with Crippen LogP contribution in [0.2, 0.25) is 0 Å². The number of amidine groups is 1. The zero-order valence-electron chi connectivity index (χ0n) is 12.1. The molecule has 0 spiro atoms. The van der Waals surface area contributed by atoms with Crippen LogP contribution in [0.15, 0.2) is 29.3 Å². The molecule has 5 nitrogen and oxygen atoms in total. The van der Waals surface area contributed by atoms with E-state index in [1.165, 1.54) is 17.4 Å². The second-order valence-electron chi connectivity index (χ2n) is 4.94. The van der Waals surface area contributed by atoms with E-state index in [2.05, 4.69) is 22.0 Å². The highest BCUT2D eigenvalue weighted by Gasteiger charge is 2.26. The third kappa shape index (κ3) is 3.22. The number of hydrogen-bond acceptors (Lipinski definition) is 5. The summed E-state index contributed by atoms with van der Waals surface area (Å²) in [6.07, 6.45) is 0. The summed E-state index contributed by atoms with van der Waals surface area (Å²) in [5.41, 5.74) is 2.09. The molecule has 3 rings (SSSR count). The molecule has 0 aromatic heterocycles. The van der Waals surface area contributed by atoms with Crippen molar-refractivity contribution in [3.63, 3.8) is 0 Å². The van der Waals surface area contributed by atoms with Gasteiger partial charge in [0.2, 0.25) is 5.91 Å². The van der Waals surface area contributed by atoms with Crippen LogP contribution >= 0.6 is 11.8 Å². The van der Waals surface area contributed by atoms with Crippen molar-refractivity contribution in [3.05, 3.63) is 24.3 Å². The molecule has 0 saturated carbocycles. The summed E-state index contributed by atoms with van der Waals surface area (Å²) in [7, 11) is 0. The minimum atomic E-state index is 0.145. The van der Waals surface area contributed by atoms with Gasteiger partial charge < -0.3 is 9.64 Å². The Hall–Kier alpha value is -1.53. The molecule has 2 aliphatic heterocycles. The van der Waals surface area contributed by atoms with E-state index in [0.29, 0.717) is 12.3 Å². The number of benzene rings is 1. The Morgan fingerprint density at radius 3 is 2.62 bits per heavy atom. The summed E-state index contributed by atoms with van der Waals surface area (Å²) in [6.45, 7) is 6.09. The van der Waals surface area contributed by atoms with E-state index in [0.717, 1.165) is 37.2 Å². The summed E-state index contributed by atoms with van der Waals surface area (Å²) in [6, 6.07) is 8.19. The van der Waals surface area contributed by atoms with E-state index in [1.807, 2.05) is 19.1 Å². The molecule has 0 bridgehead atoms. The first-order chi connectivity index (χ1) is 10.3. The van der Waals surface area contributed by atoms with Crippen molar-refractivity contribution in [2.75, 3.05) is 43.5 Å². The van der Waals surface area contributed by atoms with Gasteiger partial charge in [0.05, 0.1) is 24.7 Å². The quantitative estimate of drug-likeness (QED) is 0.858. The van der Waals surface area contributed by atoms with Gasteiger partial charge in [0, 0.05) is 25.3 Å². The molecule has 0 atom stereocenters. The van der Waals surface area contributed by atoms with Crippen LogP contribution in [-0.2, 0) is 9.53 Å². The summed E-state index contributed by atoms with van der Waals surface area (Å²) < 4.78 is 5.36. The number of ether oxygens (including phenoxy) is 1. The second-order valence-corrected chi connectivity index (χ2v) is 5.88. The van der Waals surface area contributed by atoms with E-state index in [1.54, 1.807) is 4.90 Å². The SMILES string of the molecule is CCN1C(=O)CSC1=Nc1ccc(N2CCOCC2)cc1. The maximum absolute atomic E-state index is 11.7. The molecule has 0 N–H and O–H groups in total. The zero-order valence-corrected chi connectivity index (χ0v) is 12.9. The fourth-order valence-electron chi connectivity index (χ4n) is 2.46. The molecule has 6 heteroatoms. The van der Waals surface area contributed by atoms with Crippen LogP contribution in [0.3, 0.4) is 0 Å². The lowest BCUT2D eigenvalue weighted by Gasteiger charge is -2.28. The molecule has 2 aliphatic rings. The Bertz CT molecular complexity index is 538. The molecule has 112 valence electrons. The lowest BCUT2D eigenvalue weighted by molar-refractivity contribution is -0.123. The average molecular weight is 305 g/mol. The minimum Gasteiger partial charge on any atom is -0.378 e. The molecule has 1 aromatic carbocycles. The van der Waals surface area contributed by atoms with E-state index in [4.69, 9.17) is 4.74 Å². The first-order valence-electron chi connectivity index (χ1n) is 7.22. The maximum atomic E-state index is 11.7. The van der Waals surface area contributed by atoms with Crippen LogP contribution in [0, 0.1) is 0 Å². The number of thioether (sulfide) groups is 1. The van der Waals surface area contributed by atoms with Crippen LogP contribution in [-0.4, -0.2) is 54.6 Å². The molecular weight excluding hydrogens is 286 g/mol. The van der Waals surface area contributed by atoms with Crippen molar-refractivity contribution in [3.8, 4) is 0 Å². The van der Waals surface area contributed by atoms with Crippen molar-refractivity contribution < 1.29 is 9.53 Å². The number of aliphatic imine (C=N–C) groups is 1. The fraction of sp³-hybridized carbons (Fsp3) is 0.467. The standard InChI is InChI=1S/C15H19N3O2S/c1-2-18-14(19)11-21-15(18)16-12-3-5-13(6-4-12)17-7-9-20-10-8-17/h3-6H,2,7-11H2,1H3. The molecule has 0 aliphatic carbocycles. The maximum Gasteiger partial charge on any atom is 0.239 e. The first-order valence-corrected chi connectivity index (χ1v) is 8.21. The monoisotopic (exact) mass is 305 g/mol. The van der Waals surface area contributed by atoms with Crippen LogP contribution in [0.5, 0.6) is 0 Å². The number of morpholine rings is 1. The van der Waals surface area contributed by atoms with Gasteiger partial charge in [0.1, 0.15) is 0 Å². The number of hydrogen-bond donors (Lipinski definition) is 0. The second kappa shape index (κ2) is 6.49. The molecule has 2 fully saturated rings. The predicted octanol–water partition coefficient (Wildman–Crippen LogP) is 2.11. The molecule has 21 heavy (non-hydrogen) atoms. The fourth-order valence-corrected chi connectivity index (χ4v) is 3.43. The number of carbonyl (C=O) groups excluding carboxylic acids is 1. The topological polar surface area (TPSA) is 45.1 Å². The first kappa shape index (κ1) is 14.4. The lowest BCUT2D eigenvalue weighted by Crippen LogP contribution is -2.36. The number of carbonyl (C=O) groups is 1. The van der Waals surface area contributed by atoms with Gasteiger partial charge in [0.15, 0.2) is 5.17 Å². The largest absolute Gasteiger partial charge is 0.378 e. The highest BCUT2D eigenvalue weighted by atomic mass is 32.2. The summed E-state index contributed by atoms with van der Waals surface area (Å²) >= 11 is 1.51. The molecule has 0 radical (unpaired) electrons. The Morgan fingerprint density at radius 2 is 1.95 bits per heavy atom. The highest BCUT2D eigenvalue weighted by molar-refractivity contribution is 8.15. The van der Waals surface area contributed by atoms with E-state index >= 15 is 0 Å². The summed E-state index contributed by atoms with van der Waals surface area (Å²) in [4.78, 5) is 20.3. The van der Waals surface area contributed by atoms with Crippen LogP contribution < -0.4 is 4.90 Å². The summed E-state index contributed by atoms with van der Waals surface area (Å²) in [5.74, 6) is 0.643. The van der Waals surface area contributed by atoms with E-state index < -0.39 is 0 Å². The highest BCUT2D eigenvalue weighted by Crippen LogP contribution is 2.25. The number of nitrogens with zero attached hydrogens (tertiary/aromatic N) is 3. The Morgan fingerprint density at radius 1 is 1.24 bits per heavy atom. The van der Waals surface area contributed by atoms with Crippen LogP contribution in [0.25, 0.3) is 0 Å². The summed E-state index contributed by atoms with van der Waals surface area (Å²) in [5, 5.41) is 0.807. The number of rotatable bonds is 3. The van der Waals surface area contributed by atoms with Gasteiger partial charge in [-0.3, -0.25) is 9.69 Å². The van der Waals surface area contributed by atoms with Crippen molar-refractivity contribution >= 4 is 34.2 Å². The Labute approximate surface area is 129 Å². The smallest absolute Gasteiger partial charge is 0.239 e. The third-order valence-electron chi connectivity index (χ3n) is 3.62. The van der Waals surface area contributed by atoms with Gasteiger partial charge in [-0.25, -0.2) is 4.99 Å². The van der Waals surface area contributed by atoms with Crippen molar-refractivity contribution in [2.24, 2.45) is 4.99 Å². The van der Waals surface area contributed by atoms with Gasteiger partial charge in [-0.15, -0.1) is 0 Å². The molecule has 0 unspecified atom stereocenters. The molecule has 2 heterocycles. The Kier molecular flexibility index (Phi) is 4.45. The number of amides is 1. The number of anilines is 1. The van der Waals surface area contributed by atoms with Gasteiger partial charge in [-0.05, 0) is 31.2 Å². The van der Waals surface area contributed by atoms with Crippen molar-refractivity contribution in [1.82, 2.24) is 4.90 Å². The zero-order chi connectivity index (χ0) is 14.7. The van der Waals surface area contributed by atoms with Gasteiger partial charge in [0.25, 0.3) is 0 Å². The van der Waals surface area contributed by atoms with Crippen molar-refractivity contribution in [1.29, 1.82) is 0 Å². The molecule has 1 amide bonds. The van der Waals surface area contributed by atoms with Crippen LogP contribution in [0.1, 0.15) is 6.92 Å². The minimum absolute atomic E-state index is 0.145. The van der Waals surface area contributed by atoms with E-state index in [9.17, 15) is 4.79 Å². The van der Waals surface area contributed by atoms with Gasteiger partial charge in [-0.1, -0.05) is 11.8 Å². The molecule has 1 aromatic rings.